The van der Waals surface area contributed by atoms with Crippen LogP contribution in [0.25, 0.3) is 0 Å². The van der Waals surface area contributed by atoms with E-state index in [2.05, 4.69) is 0 Å². The number of rotatable bonds is 14. The van der Waals surface area contributed by atoms with Crippen molar-refractivity contribution in [1.82, 2.24) is 0 Å². The molecule has 1 aliphatic carbocycles. The Labute approximate surface area is 151 Å². The Balaban J connectivity index is 2.25. The number of aliphatic carboxylic acids is 1. The van der Waals surface area contributed by atoms with Gasteiger partial charge in [-0.15, -0.1) is 0 Å². The molecular formula is C20H37FO4. The van der Waals surface area contributed by atoms with Crippen LogP contribution in [0.3, 0.4) is 0 Å². The Morgan fingerprint density at radius 3 is 2.48 bits per heavy atom. The molecule has 1 rings (SSSR count). The fourth-order valence-corrected chi connectivity index (χ4v) is 4.08. The SMILES string of the molecule is CCCCC(F)[C@@H](O)CC[C@H]1CC[C@H](O)[C@@H]1CCCCCCC(=O)O. The second-order valence-electron chi connectivity index (χ2n) is 7.72. The lowest BCUT2D eigenvalue weighted by molar-refractivity contribution is -0.137. The average molecular weight is 361 g/mol. The van der Waals surface area contributed by atoms with E-state index in [1.165, 1.54) is 0 Å². The number of unbranched alkanes of at least 4 members (excludes halogenated alkanes) is 4. The average Bonchev–Trinajstić information content (AvgIpc) is 2.93. The van der Waals surface area contributed by atoms with Gasteiger partial charge in [-0.1, -0.05) is 39.0 Å². The zero-order chi connectivity index (χ0) is 18.7. The number of hydrogen-bond acceptors (Lipinski definition) is 3. The molecule has 148 valence electrons. The topological polar surface area (TPSA) is 77.8 Å². The number of carboxylic acids is 1. The van der Waals surface area contributed by atoms with Gasteiger partial charge in [-0.25, -0.2) is 4.39 Å². The third kappa shape index (κ3) is 9.00. The zero-order valence-electron chi connectivity index (χ0n) is 15.7. The molecule has 5 heteroatoms. The summed E-state index contributed by atoms with van der Waals surface area (Å²) in [5, 5.41) is 28.8. The highest BCUT2D eigenvalue weighted by Crippen LogP contribution is 2.39. The van der Waals surface area contributed by atoms with E-state index < -0.39 is 18.2 Å². The van der Waals surface area contributed by atoms with Gasteiger partial charge in [-0.3, -0.25) is 4.79 Å². The first-order valence-corrected chi connectivity index (χ1v) is 10.2. The molecule has 0 aromatic heterocycles. The lowest BCUT2D eigenvalue weighted by Crippen LogP contribution is -2.25. The normalized spacial score (nSPS) is 25.8. The molecule has 25 heavy (non-hydrogen) atoms. The highest BCUT2D eigenvalue weighted by atomic mass is 19.1. The summed E-state index contributed by atoms with van der Waals surface area (Å²) in [6, 6.07) is 0. The van der Waals surface area contributed by atoms with Gasteiger partial charge >= 0.3 is 5.97 Å². The quantitative estimate of drug-likeness (QED) is 0.399. The van der Waals surface area contributed by atoms with E-state index in [-0.39, 0.29) is 18.4 Å². The molecule has 0 radical (unpaired) electrons. The molecule has 5 atom stereocenters. The Kier molecular flexibility index (Phi) is 11.3. The zero-order valence-corrected chi connectivity index (χ0v) is 15.7. The first-order valence-electron chi connectivity index (χ1n) is 10.2. The lowest BCUT2D eigenvalue weighted by Gasteiger charge is -2.24. The van der Waals surface area contributed by atoms with Gasteiger partial charge in [0.05, 0.1) is 12.2 Å². The van der Waals surface area contributed by atoms with Crippen molar-refractivity contribution in [2.24, 2.45) is 11.8 Å². The molecule has 1 aliphatic rings. The van der Waals surface area contributed by atoms with Crippen LogP contribution in [0.4, 0.5) is 4.39 Å². The number of hydrogen-bond donors (Lipinski definition) is 3. The van der Waals surface area contributed by atoms with Gasteiger partial charge in [-0.2, -0.15) is 0 Å². The van der Waals surface area contributed by atoms with Gasteiger partial charge in [0.15, 0.2) is 0 Å². The van der Waals surface area contributed by atoms with Gasteiger partial charge in [-0.05, 0) is 56.8 Å². The maximum absolute atomic E-state index is 13.9. The fraction of sp³-hybridized carbons (Fsp3) is 0.950. The van der Waals surface area contributed by atoms with Gasteiger partial charge in [0.1, 0.15) is 6.17 Å². The van der Waals surface area contributed by atoms with Crippen molar-refractivity contribution < 1.29 is 24.5 Å². The van der Waals surface area contributed by atoms with Crippen molar-refractivity contribution in [1.29, 1.82) is 0 Å². The van der Waals surface area contributed by atoms with Gasteiger partial charge in [0.2, 0.25) is 0 Å². The summed E-state index contributed by atoms with van der Waals surface area (Å²) in [5.74, 6) is -0.114. The molecule has 4 nitrogen and oxygen atoms in total. The standard InChI is InChI=1S/C20H37FO4/c1-2-3-9-17(21)19(23)14-12-15-11-13-18(22)16(15)8-6-4-5-7-10-20(24)25/h15-19,22-23H,2-14H2,1H3,(H,24,25)/t15-,16-,17?,18+,19+/m1/s1. The van der Waals surface area contributed by atoms with Crippen molar-refractivity contribution in [2.75, 3.05) is 0 Å². The molecule has 0 amide bonds. The second-order valence-corrected chi connectivity index (χ2v) is 7.72. The summed E-state index contributed by atoms with van der Waals surface area (Å²) in [6.07, 6.45) is 7.76. The van der Waals surface area contributed by atoms with Crippen molar-refractivity contribution in [3.63, 3.8) is 0 Å². The van der Waals surface area contributed by atoms with Crippen LogP contribution in [0, 0.1) is 11.8 Å². The molecular weight excluding hydrogens is 323 g/mol. The van der Waals surface area contributed by atoms with Crippen LogP contribution in [0.1, 0.15) is 90.4 Å². The third-order valence-electron chi connectivity index (χ3n) is 5.70. The van der Waals surface area contributed by atoms with E-state index in [9.17, 15) is 19.4 Å². The van der Waals surface area contributed by atoms with Crippen LogP contribution < -0.4 is 0 Å². The van der Waals surface area contributed by atoms with Crippen LogP contribution in [-0.4, -0.2) is 39.7 Å². The third-order valence-corrected chi connectivity index (χ3v) is 5.70. The van der Waals surface area contributed by atoms with Crippen molar-refractivity contribution in [2.45, 2.75) is 109 Å². The Morgan fingerprint density at radius 2 is 1.80 bits per heavy atom. The van der Waals surface area contributed by atoms with E-state index in [4.69, 9.17) is 5.11 Å². The summed E-state index contributed by atoms with van der Waals surface area (Å²) in [5.41, 5.74) is 0. The number of aliphatic hydroxyl groups is 2. The number of aliphatic hydroxyl groups excluding tert-OH is 2. The monoisotopic (exact) mass is 360 g/mol. The summed E-state index contributed by atoms with van der Waals surface area (Å²) in [6.45, 7) is 2.02. The summed E-state index contributed by atoms with van der Waals surface area (Å²) >= 11 is 0. The molecule has 0 aromatic carbocycles. The first-order chi connectivity index (χ1) is 12.0. The van der Waals surface area contributed by atoms with Crippen LogP contribution >= 0.6 is 0 Å². The fourth-order valence-electron chi connectivity index (χ4n) is 4.08. The van der Waals surface area contributed by atoms with Crippen molar-refractivity contribution >= 4 is 5.97 Å². The summed E-state index contributed by atoms with van der Waals surface area (Å²) in [7, 11) is 0. The Morgan fingerprint density at radius 1 is 1.08 bits per heavy atom. The lowest BCUT2D eigenvalue weighted by atomic mass is 9.85. The largest absolute Gasteiger partial charge is 0.481 e. The molecule has 0 aliphatic heterocycles. The second kappa shape index (κ2) is 12.6. The number of carbonyl (C=O) groups is 1. The van der Waals surface area contributed by atoms with E-state index >= 15 is 0 Å². The van der Waals surface area contributed by atoms with Crippen LogP contribution in [0.15, 0.2) is 0 Å². The molecule has 0 spiro atoms. The first kappa shape index (κ1) is 22.4. The molecule has 1 saturated carbocycles. The Hall–Kier alpha value is -0.680. The predicted molar refractivity (Wildman–Crippen MR) is 97.2 cm³/mol. The molecule has 0 heterocycles. The number of alkyl halides is 1. The van der Waals surface area contributed by atoms with Crippen molar-refractivity contribution in [3.05, 3.63) is 0 Å². The van der Waals surface area contributed by atoms with E-state index in [0.29, 0.717) is 25.2 Å². The van der Waals surface area contributed by atoms with Gasteiger partial charge < -0.3 is 15.3 Å². The van der Waals surface area contributed by atoms with Crippen LogP contribution in [0.5, 0.6) is 0 Å². The molecule has 3 N–H and O–H groups in total. The molecule has 0 saturated heterocycles. The van der Waals surface area contributed by atoms with Crippen LogP contribution in [0.2, 0.25) is 0 Å². The predicted octanol–water partition coefficient (Wildman–Crippen LogP) is 4.47. The summed E-state index contributed by atoms with van der Waals surface area (Å²) < 4.78 is 13.9. The number of carboxylic acid groups (broad SMARTS) is 1. The molecule has 1 fully saturated rings. The number of halogens is 1. The molecule has 0 aromatic rings. The maximum atomic E-state index is 13.9. The smallest absolute Gasteiger partial charge is 0.303 e. The highest BCUT2D eigenvalue weighted by molar-refractivity contribution is 5.66. The van der Waals surface area contributed by atoms with Gasteiger partial charge in [0.25, 0.3) is 0 Å². The van der Waals surface area contributed by atoms with E-state index in [1.807, 2.05) is 6.92 Å². The van der Waals surface area contributed by atoms with E-state index in [1.54, 1.807) is 0 Å². The van der Waals surface area contributed by atoms with Gasteiger partial charge in [0, 0.05) is 6.42 Å². The minimum Gasteiger partial charge on any atom is -0.481 e. The maximum Gasteiger partial charge on any atom is 0.303 e. The minimum atomic E-state index is -1.13. The molecule has 1 unspecified atom stereocenters. The van der Waals surface area contributed by atoms with E-state index in [0.717, 1.165) is 57.8 Å². The minimum absolute atomic E-state index is 0.231. The summed E-state index contributed by atoms with van der Waals surface area (Å²) in [4.78, 5) is 10.5. The van der Waals surface area contributed by atoms with Crippen LogP contribution in [-0.2, 0) is 4.79 Å². The molecule has 0 bridgehead atoms. The van der Waals surface area contributed by atoms with Crippen molar-refractivity contribution in [3.8, 4) is 0 Å². The highest BCUT2D eigenvalue weighted by Gasteiger charge is 2.34. The Bertz CT molecular complexity index is 364.